The van der Waals surface area contributed by atoms with Crippen LogP contribution in [0, 0.1) is 13.8 Å². The van der Waals surface area contributed by atoms with E-state index in [4.69, 9.17) is 11.6 Å². The SMILES string of the molecule is Cc1cc(NC(=O)c2cc(Cl)cn2C)cc(C(=O)O)c1C. The van der Waals surface area contributed by atoms with E-state index in [1.165, 1.54) is 6.07 Å². The third-order valence-electron chi connectivity index (χ3n) is 3.36. The first-order valence-corrected chi connectivity index (χ1v) is 6.65. The normalized spacial score (nSPS) is 10.5. The standard InChI is InChI=1S/C15H15ClN2O3/c1-8-4-11(6-12(9(8)2)15(20)21)17-14(19)13-5-10(16)7-18(13)3/h4-7H,1-3H3,(H,17,19)(H,20,21). The van der Waals surface area contributed by atoms with Gasteiger partial charge in [0.15, 0.2) is 0 Å². The lowest BCUT2D eigenvalue weighted by Crippen LogP contribution is -2.16. The van der Waals surface area contributed by atoms with Crippen LogP contribution in [0.15, 0.2) is 24.4 Å². The van der Waals surface area contributed by atoms with Crippen LogP contribution in [-0.2, 0) is 7.05 Å². The summed E-state index contributed by atoms with van der Waals surface area (Å²) in [7, 11) is 1.71. The molecule has 1 heterocycles. The number of halogens is 1. The Kier molecular flexibility index (Phi) is 4.04. The fourth-order valence-corrected chi connectivity index (χ4v) is 2.35. The van der Waals surface area contributed by atoms with Gasteiger partial charge in [-0.05, 0) is 43.2 Å². The minimum Gasteiger partial charge on any atom is -0.478 e. The lowest BCUT2D eigenvalue weighted by Gasteiger charge is -2.11. The minimum atomic E-state index is -1.02. The number of aromatic nitrogens is 1. The molecule has 2 aromatic rings. The number of anilines is 1. The fourth-order valence-electron chi connectivity index (χ4n) is 2.10. The summed E-state index contributed by atoms with van der Waals surface area (Å²) in [5.41, 5.74) is 2.50. The smallest absolute Gasteiger partial charge is 0.336 e. The van der Waals surface area contributed by atoms with E-state index in [-0.39, 0.29) is 11.5 Å². The minimum absolute atomic E-state index is 0.176. The van der Waals surface area contributed by atoms with Gasteiger partial charge in [0, 0.05) is 18.9 Å². The molecule has 0 atom stereocenters. The Morgan fingerprint density at radius 3 is 2.43 bits per heavy atom. The lowest BCUT2D eigenvalue weighted by molar-refractivity contribution is 0.0695. The van der Waals surface area contributed by atoms with E-state index in [9.17, 15) is 14.7 Å². The highest BCUT2D eigenvalue weighted by Crippen LogP contribution is 2.21. The van der Waals surface area contributed by atoms with Gasteiger partial charge in [0.05, 0.1) is 10.6 Å². The maximum atomic E-state index is 12.2. The fraction of sp³-hybridized carbons (Fsp3) is 0.200. The van der Waals surface area contributed by atoms with E-state index >= 15 is 0 Å². The topological polar surface area (TPSA) is 71.3 Å². The number of aryl methyl sites for hydroxylation is 2. The highest BCUT2D eigenvalue weighted by Gasteiger charge is 2.15. The summed E-state index contributed by atoms with van der Waals surface area (Å²) in [6, 6.07) is 4.74. The van der Waals surface area contributed by atoms with Gasteiger partial charge < -0.3 is 15.0 Å². The van der Waals surface area contributed by atoms with Gasteiger partial charge in [0.25, 0.3) is 5.91 Å². The highest BCUT2D eigenvalue weighted by molar-refractivity contribution is 6.31. The molecule has 2 N–H and O–H groups in total. The average Bonchev–Trinajstić information content (AvgIpc) is 2.72. The van der Waals surface area contributed by atoms with Crippen LogP contribution in [0.5, 0.6) is 0 Å². The molecule has 0 fully saturated rings. The van der Waals surface area contributed by atoms with E-state index in [1.54, 1.807) is 43.8 Å². The van der Waals surface area contributed by atoms with E-state index in [1.807, 2.05) is 0 Å². The van der Waals surface area contributed by atoms with Gasteiger partial charge in [-0.3, -0.25) is 4.79 Å². The Morgan fingerprint density at radius 1 is 1.24 bits per heavy atom. The predicted molar refractivity (Wildman–Crippen MR) is 81.3 cm³/mol. The zero-order valence-electron chi connectivity index (χ0n) is 11.9. The molecule has 1 amide bonds. The van der Waals surface area contributed by atoms with Crippen molar-refractivity contribution in [2.75, 3.05) is 5.32 Å². The van der Waals surface area contributed by atoms with Crippen molar-refractivity contribution >= 4 is 29.2 Å². The van der Waals surface area contributed by atoms with Gasteiger partial charge in [-0.25, -0.2) is 4.79 Å². The molecule has 110 valence electrons. The molecular formula is C15H15ClN2O3. The van der Waals surface area contributed by atoms with Crippen molar-refractivity contribution in [3.05, 3.63) is 51.8 Å². The summed E-state index contributed by atoms with van der Waals surface area (Å²) in [6.07, 6.45) is 1.62. The molecule has 0 radical (unpaired) electrons. The van der Waals surface area contributed by atoms with Crippen LogP contribution in [0.2, 0.25) is 5.02 Å². The number of carboxylic acid groups (broad SMARTS) is 1. The average molecular weight is 307 g/mol. The second kappa shape index (κ2) is 5.61. The first-order valence-electron chi connectivity index (χ1n) is 6.27. The van der Waals surface area contributed by atoms with E-state index in [0.29, 0.717) is 22.0 Å². The van der Waals surface area contributed by atoms with Crippen LogP contribution in [0.3, 0.4) is 0 Å². The van der Waals surface area contributed by atoms with Crippen LogP contribution < -0.4 is 5.32 Å². The molecule has 0 bridgehead atoms. The molecule has 1 aromatic heterocycles. The molecule has 21 heavy (non-hydrogen) atoms. The summed E-state index contributed by atoms with van der Waals surface area (Å²) in [6.45, 7) is 3.54. The maximum absolute atomic E-state index is 12.2. The third kappa shape index (κ3) is 3.08. The lowest BCUT2D eigenvalue weighted by atomic mass is 10.0. The molecule has 0 spiro atoms. The number of nitrogens with zero attached hydrogens (tertiary/aromatic N) is 1. The maximum Gasteiger partial charge on any atom is 0.336 e. The molecule has 0 aliphatic heterocycles. The predicted octanol–water partition coefficient (Wildman–Crippen LogP) is 3.25. The summed E-state index contributed by atoms with van der Waals surface area (Å²) >= 11 is 5.85. The van der Waals surface area contributed by atoms with Gasteiger partial charge in [-0.2, -0.15) is 0 Å². The van der Waals surface area contributed by atoms with Crippen molar-refractivity contribution in [2.24, 2.45) is 7.05 Å². The Bertz CT molecular complexity index is 735. The number of amides is 1. The van der Waals surface area contributed by atoms with Crippen molar-refractivity contribution in [2.45, 2.75) is 13.8 Å². The number of benzene rings is 1. The molecule has 0 aliphatic rings. The van der Waals surface area contributed by atoms with Gasteiger partial charge in [-0.15, -0.1) is 0 Å². The van der Waals surface area contributed by atoms with Crippen LogP contribution in [0.4, 0.5) is 5.69 Å². The van der Waals surface area contributed by atoms with Crippen LogP contribution in [0.1, 0.15) is 32.0 Å². The number of aromatic carboxylic acids is 1. The van der Waals surface area contributed by atoms with Gasteiger partial charge in [0.2, 0.25) is 0 Å². The van der Waals surface area contributed by atoms with Crippen LogP contribution in [0.25, 0.3) is 0 Å². The van der Waals surface area contributed by atoms with Crippen molar-refractivity contribution in [3.8, 4) is 0 Å². The monoisotopic (exact) mass is 306 g/mol. The first kappa shape index (κ1) is 15.1. The molecule has 0 saturated carbocycles. The first-order chi connectivity index (χ1) is 9.79. The van der Waals surface area contributed by atoms with Gasteiger partial charge in [0.1, 0.15) is 5.69 Å². The molecule has 2 rings (SSSR count). The molecule has 1 aromatic carbocycles. The Labute approximate surface area is 127 Å². The summed E-state index contributed by atoms with van der Waals surface area (Å²) in [4.78, 5) is 23.4. The van der Waals surface area contributed by atoms with Crippen molar-refractivity contribution in [1.82, 2.24) is 4.57 Å². The zero-order valence-corrected chi connectivity index (χ0v) is 12.7. The van der Waals surface area contributed by atoms with Crippen molar-refractivity contribution < 1.29 is 14.7 Å². The second-order valence-corrected chi connectivity index (χ2v) is 5.32. The zero-order chi connectivity index (χ0) is 15.7. The number of carbonyl (C=O) groups excluding carboxylic acids is 1. The highest BCUT2D eigenvalue weighted by atomic mass is 35.5. The molecular weight excluding hydrogens is 292 g/mol. The molecule has 6 heteroatoms. The number of hydrogen-bond acceptors (Lipinski definition) is 2. The summed E-state index contributed by atoms with van der Waals surface area (Å²) < 4.78 is 1.61. The van der Waals surface area contributed by atoms with Crippen LogP contribution in [-0.4, -0.2) is 21.6 Å². The Morgan fingerprint density at radius 2 is 1.90 bits per heavy atom. The van der Waals surface area contributed by atoms with E-state index < -0.39 is 5.97 Å². The van der Waals surface area contributed by atoms with Crippen LogP contribution >= 0.6 is 11.6 Å². The number of hydrogen-bond donors (Lipinski definition) is 2. The second-order valence-electron chi connectivity index (χ2n) is 4.88. The number of carbonyl (C=O) groups is 2. The Balaban J connectivity index is 2.34. The largest absolute Gasteiger partial charge is 0.478 e. The van der Waals surface area contributed by atoms with Gasteiger partial charge in [-0.1, -0.05) is 11.6 Å². The number of rotatable bonds is 3. The van der Waals surface area contributed by atoms with Crippen molar-refractivity contribution in [3.63, 3.8) is 0 Å². The molecule has 0 unspecified atom stereocenters. The molecule has 0 saturated heterocycles. The number of carboxylic acids is 1. The summed E-state index contributed by atoms with van der Waals surface area (Å²) in [5, 5.41) is 12.3. The molecule has 0 aliphatic carbocycles. The summed E-state index contributed by atoms with van der Waals surface area (Å²) in [5.74, 6) is -1.36. The molecule has 5 nitrogen and oxygen atoms in total. The van der Waals surface area contributed by atoms with E-state index in [0.717, 1.165) is 5.56 Å². The van der Waals surface area contributed by atoms with E-state index in [2.05, 4.69) is 5.32 Å². The Hall–Kier alpha value is -2.27. The number of nitrogens with one attached hydrogen (secondary N) is 1. The van der Waals surface area contributed by atoms with Gasteiger partial charge >= 0.3 is 5.97 Å². The quantitative estimate of drug-likeness (QED) is 0.914. The van der Waals surface area contributed by atoms with Crippen molar-refractivity contribution in [1.29, 1.82) is 0 Å². The third-order valence-corrected chi connectivity index (χ3v) is 3.57.